The molecule has 2 heterocycles. The monoisotopic (exact) mass is 409 g/mol. The number of fused-ring (bicyclic) bond motifs is 1. The quantitative estimate of drug-likeness (QED) is 0.493. The van der Waals surface area contributed by atoms with E-state index in [1.165, 1.54) is 11.1 Å². The molecule has 1 N–H and O–H groups in total. The van der Waals surface area contributed by atoms with Gasteiger partial charge in [-0.3, -0.25) is 9.20 Å². The van der Waals surface area contributed by atoms with Crippen molar-refractivity contribution in [3.63, 3.8) is 0 Å². The van der Waals surface area contributed by atoms with Crippen molar-refractivity contribution in [2.75, 3.05) is 0 Å². The van der Waals surface area contributed by atoms with Gasteiger partial charge in [-0.15, -0.1) is 11.3 Å². The Morgan fingerprint density at radius 2 is 1.93 bits per heavy atom. The number of aryl methyl sites for hydroxylation is 2. The third kappa shape index (κ3) is 3.96. The number of thiazole rings is 1. The number of imidazole rings is 1. The zero-order chi connectivity index (χ0) is 19.7. The number of amides is 1. The van der Waals surface area contributed by atoms with Gasteiger partial charge in [0.1, 0.15) is 0 Å². The summed E-state index contributed by atoms with van der Waals surface area (Å²) in [5, 5.41) is 5.65. The molecule has 1 amide bonds. The number of hydrogen-bond donors (Lipinski definition) is 1. The molecular weight excluding hydrogens is 390 g/mol. The van der Waals surface area contributed by atoms with Crippen LogP contribution in [0.15, 0.2) is 54.0 Å². The van der Waals surface area contributed by atoms with Crippen LogP contribution < -0.4 is 5.32 Å². The molecule has 0 aliphatic carbocycles. The van der Waals surface area contributed by atoms with E-state index in [-0.39, 0.29) is 5.91 Å². The number of benzene rings is 2. The fourth-order valence-electron chi connectivity index (χ4n) is 3.03. The molecule has 0 spiro atoms. The highest BCUT2D eigenvalue weighted by molar-refractivity contribution is 7.15. The minimum Gasteiger partial charge on any atom is -0.352 e. The Kier molecular flexibility index (Phi) is 5.20. The molecule has 0 unspecified atom stereocenters. The van der Waals surface area contributed by atoms with Gasteiger partial charge in [-0.05, 0) is 48.7 Å². The van der Waals surface area contributed by atoms with Crippen molar-refractivity contribution in [3.8, 4) is 11.3 Å². The first kappa shape index (κ1) is 18.7. The van der Waals surface area contributed by atoms with Crippen molar-refractivity contribution in [3.05, 3.63) is 81.4 Å². The first-order valence-corrected chi connectivity index (χ1v) is 10.3. The lowest BCUT2D eigenvalue weighted by Crippen LogP contribution is -2.24. The molecule has 2 aromatic carbocycles. The molecule has 0 saturated heterocycles. The van der Waals surface area contributed by atoms with Crippen molar-refractivity contribution >= 4 is 33.8 Å². The summed E-state index contributed by atoms with van der Waals surface area (Å²) < 4.78 is 2.01. The second-order valence-corrected chi connectivity index (χ2v) is 8.16. The largest absolute Gasteiger partial charge is 0.352 e. The van der Waals surface area contributed by atoms with Gasteiger partial charge in [0.25, 0.3) is 0 Å². The first-order valence-electron chi connectivity index (χ1n) is 9.04. The normalized spacial score (nSPS) is 11.1. The van der Waals surface area contributed by atoms with E-state index in [9.17, 15) is 4.79 Å². The number of rotatable bonds is 5. The van der Waals surface area contributed by atoms with Gasteiger partial charge in [-0.2, -0.15) is 0 Å². The summed E-state index contributed by atoms with van der Waals surface area (Å²) in [5.74, 6) is -0.0175. The van der Waals surface area contributed by atoms with E-state index in [4.69, 9.17) is 16.6 Å². The molecule has 0 aliphatic rings. The maximum Gasteiger partial charge on any atom is 0.226 e. The first-order chi connectivity index (χ1) is 13.5. The van der Waals surface area contributed by atoms with Crippen LogP contribution in [-0.4, -0.2) is 15.3 Å². The lowest BCUT2D eigenvalue weighted by atomic mass is 10.0. The van der Waals surface area contributed by atoms with Crippen molar-refractivity contribution in [2.24, 2.45) is 0 Å². The Morgan fingerprint density at radius 1 is 1.14 bits per heavy atom. The molecule has 2 aromatic heterocycles. The van der Waals surface area contributed by atoms with Crippen LogP contribution in [0.3, 0.4) is 0 Å². The van der Waals surface area contributed by atoms with Crippen LogP contribution in [0.2, 0.25) is 5.02 Å². The van der Waals surface area contributed by atoms with Gasteiger partial charge in [-0.25, -0.2) is 4.98 Å². The van der Waals surface area contributed by atoms with Gasteiger partial charge in [-0.1, -0.05) is 35.9 Å². The molecule has 4 rings (SSSR count). The number of aromatic nitrogens is 2. The van der Waals surface area contributed by atoms with Gasteiger partial charge < -0.3 is 5.32 Å². The predicted molar refractivity (Wildman–Crippen MR) is 115 cm³/mol. The van der Waals surface area contributed by atoms with Crippen LogP contribution in [0.4, 0.5) is 0 Å². The number of halogens is 1. The summed E-state index contributed by atoms with van der Waals surface area (Å²) in [5.41, 5.74) is 6.50. The molecule has 28 heavy (non-hydrogen) atoms. The van der Waals surface area contributed by atoms with Gasteiger partial charge in [0, 0.05) is 34.4 Å². The third-order valence-corrected chi connectivity index (χ3v) is 5.97. The van der Waals surface area contributed by atoms with E-state index < -0.39 is 0 Å². The minimum atomic E-state index is -0.0175. The van der Waals surface area contributed by atoms with Crippen molar-refractivity contribution < 1.29 is 4.79 Å². The average Bonchev–Trinajstić information content (AvgIpc) is 3.25. The van der Waals surface area contributed by atoms with Crippen molar-refractivity contribution in [1.82, 2.24) is 14.7 Å². The van der Waals surface area contributed by atoms with E-state index in [1.807, 2.05) is 40.2 Å². The van der Waals surface area contributed by atoms with Crippen molar-refractivity contribution in [2.45, 2.75) is 26.8 Å². The third-order valence-electron chi connectivity index (χ3n) is 4.83. The number of nitrogens with one attached hydrogen (secondary N) is 1. The standard InChI is InChI=1S/C22H20ClN3OS/c1-14-3-6-17(9-15(14)2)20-12-26-19(13-28-22(26)25-20)10-21(27)24-11-16-4-7-18(23)8-5-16/h3-9,12-13H,10-11H2,1-2H3,(H,24,27). The van der Waals surface area contributed by atoms with Gasteiger partial charge in [0.15, 0.2) is 4.96 Å². The number of hydrogen-bond acceptors (Lipinski definition) is 3. The zero-order valence-electron chi connectivity index (χ0n) is 15.7. The van der Waals surface area contributed by atoms with E-state index in [1.54, 1.807) is 11.3 Å². The minimum absolute atomic E-state index is 0.0175. The highest BCUT2D eigenvalue weighted by atomic mass is 35.5. The smallest absolute Gasteiger partial charge is 0.226 e. The lowest BCUT2D eigenvalue weighted by molar-refractivity contribution is -0.120. The molecule has 0 radical (unpaired) electrons. The topological polar surface area (TPSA) is 46.4 Å². The molecule has 4 aromatic rings. The number of carbonyl (C=O) groups is 1. The Morgan fingerprint density at radius 3 is 2.68 bits per heavy atom. The van der Waals surface area contributed by atoms with Gasteiger partial charge in [0.05, 0.1) is 12.1 Å². The molecule has 142 valence electrons. The van der Waals surface area contributed by atoms with Gasteiger partial charge in [0.2, 0.25) is 5.91 Å². The molecule has 0 bridgehead atoms. The highest BCUT2D eigenvalue weighted by Crippen LogP contribution is 2.25. The molecule has 0 saturated carbocycles. The summed E-state index contributed by atoms with van der Waals surface area (Å²) in [6.07, 6.45) is 2.33. The summed E-state index contributed by atoms with van der Waals surface area (Å²) in [6.45, 7) is 4.69. The maximum atomic E-state index is 12.4. The maximum absolute atomic E-state index is 12.4. The SMILES string of the molecule is Cc1ccc(-c2cn3c(CC(=O)NCc4ccc(Cl)cc4)csc3n2)cc1C. The molecule has 0 aliphatic heterocycles. The lowest BCUT2D eigenvalue weighted by Gasteiger charge is -2.05. The van der Waals surface area contributed by atoms with Crippen LogP contribution >= 0.6 is 22.9 Å². The molecule has 0 atom stereocenters. The Bertz CT molecular complexity index is 1140. The number of carbonyl (C=O) groups excluding carboxylic acids is 1. The van der Waals surface area contributed by atoms with Gasteiger partial charge >= 0.3 is 0 Å². The second kappa shape index (κ2) is 7.78. The predicted octanol–water partition coefficient (Wildman–Crippen LogP) is 5.19. The van der Waals surface area contributed by atoms with Crippen LogP contribution in [-0.2, 0) is 17.8 Å². The van der Waals surface area contributed by atoms with E-state index >= 15 is 0 Å². The van der Waals surface area contributed by atoms with Crippen LogP contribution in [0.1, 0.15) is 22.4 Å². The Balaban J connectivity index is 1.48. The molecular formula is C22H20ClN3OS. The fourth-order valence-corrected chi connectivity index (χ4v) is 4.03. The van der Waals surface area contributed by atoms with E-state index in [0.29, 0.717) is 18.0 Å². The van der Waals surface area contributed by atoms with E-state index in [0.717, 1.165) is 27.5 Å². The molecule has 6 heteroatoms. The molecule has 0 fully saturated rings. The van der Waals surface area contributed by atoms with Crippen LogP contribution in [0.5, 0.6) is 0 Å². The summed E-state index contributed by atoms with van der Waals surface area (Å²) in [6, 6.07) is 13.8. The summed E-state index contributed by atoms with van der Waals surface area (Å²) in [7, 11) is 0. The Hall–Kier alpha value is -2.63. The summed E-state index contributed by atoms with van der Waals surface area (Å²) >= 11 is 7.44. The van der Waals surface area contributed by atoms with Crippen molar-refractivity contribution in [1.29, 1.82) is 0 Å². The average molecular weight is 410 g/mol. The van der Waals surface area contributed by atoms with E-state index in [2.05, 4.69) is 37.4 Å². The fraction of sp³-hybridized carbons (Fsp3) is 0.182. The van der Waals surface area contributed by atoms with Crippen LogP contribution in [0, 0.1) is 13.8 Å². The number of nitrogens with zero attached hydrogens (tertiary/aromatic N) is 2. The zero-order valence-corrected chi connectivity index (χ0v) is 17.3. The Labute approximate surface area is 172 Å². The highest BCUT2D eigenvalue weighted by Gasteiger charge is 2.13. The second-order valence-electron chi connectivity index (χ2n) is 6.88. The summed E-state index contributed by atoms with van der Waals surface area (Å²) in [4.78, 5) is 18.0. The molecule has 4 nitrogen and oxygen atoms in total. The van der Waals surface area contributed by atoms with Crippen LogP contribution in [0.25, 0.3) is 16.2 Å².